The largest absolute Gasteiger partial charge is 0.496 e. The Morgan fingerprint density at radius 3 is 1.14 bits per heavy atom. The van der Waals surface area contributed by atoms with Gasteiger partial charge < -0.3 is 90.4 Å². The molecule has 0 bridgehead atoms. The van der Waals surface area contributed by atoms with Crippen LogP contribution < -0.4 is 90.6 Å². The first-order valence-electron chi connectivity index (χ1n) is 28.8. The van der Waals surface area contributed by atoms with Crippen molar-refractivity contribution in [2.24, 2.45) is 34.4 Å². The molecule has 20 N–H and O–H groups in total. The van der Waals surface area contributed by atoms with Gasteiger partial charge in [0.05, 0.1) is 57.2 Å². The molecule has 25 heteroatoms. The number of carbonyl (C=O) groups is 7. The van der Waals surface area contributed by atoms with E-state index in [9.17, 15) is 38.7 Å². The molecule has 4 aromatic carbocycles. The van der Waals surface area contributed by atoms with Gasteiger partial charge in [0.25, 0.3) is 17.7 Å². The second kappa shape index (κ2) is 37.4. The third-order valence-corrected chi connectivity index (χ3v) is 14.0. The molecule has 0 fully saturated rings. The molecule has 5 atom stereocenters. The Balaban J connectivity index is 1.57. The van der Waals surface area contributed by atoms with Crippen molar-refractivity contribution in [3.8, 4) is 23.0 Å². The Kier molecular flexibility index (Phi) is 30.6. The summed E-state index contributed by atoms with van der Waals surface area (Å²) in [6.07, 6.45) is 7.78. The summed E-state index contributed by atoms with van der Waals surface area (Å²) in [5.74, 6) is -3.57. The SMILES string of the molecule is COc1ccc(NC(=O)C(CCCCCN)NC(=O)c2cc(NC(=O)C(CCCCCN)NC(=O)c3cc(NC(=O)C(CCCCCN)NC(O)c4cc(NC(=O)C(N)CCCCCN)ccc4OC)ccc3OC)ccc2OC)cc1C(N)=O. The highest BCUT2D eigenvalue weighted by molar-refractivity contribution is 6.06. The third-order valence-electron chi connectivity index (χ3n) is 14.0. The Morgan fingerprint density at radius 2 is 0.753 bits per heavy atom. The molecule has 25 nitrogen and oxygen atoms in total. The Bertz CT molecular complexity index is 2820. The molecule has 466 valence electrons. The number of primary amides is 1. The molecule has 0 saturated carbocycles. The van der Waals surface area contributed by atoms with Crippen molar-refractivity contribution in [2.75, 3.05) is 75.9 Å². The van der Waals surface area contributed by atoms with E-state index in [1.54, 1.807) is 18.2 Å². The number of rotatable bonds is 40. The molecule has 0 aromatic heterocycles. The third kappa shape index (κ3) is 22.6. The number of carbonyl (C=O) groups excluding carboxylic acids is 7. The fourth-order valence-electron chi connectivity index (χ4n) is 9.26. The minimum Gasteiger partial charge on any atom is -0.496 e. The number of aliphatic hydroxyl groups excluding tert-OH is 1. The number of ether oxygens (including phenoxy) is 4. The fourth-order valence-corrected chi connectivity index (χ4v) is 9.26. The van der Waals surface area contributed by atoms with Crippen molar-refractivity contribution in [3.63, 3.8) is 0 Å². The van der Waals surface area contributed by atoms with Crippen LogP contribution in [0.15, 0.2) is 72.8 Å². The van der Waals surface area contributed by atoms with E-state index in [0.717, 1.165) is 19.3 Å². The maximum absolute atomic E-state index is 14.4. The minimum absolute atomic E-state index is 0.0169. The van der Waals surface area contributed by atoms with Gasteiger partial charge in [-0.15, -0.1) is 0 Å². The molecule has 7 amide bonds. The highest BCUT2D eigenvalue weighted by atomic mass is 16.5. The molecular weight excluding hydrogens is 1090 g/mol. The fraction of sp³-hybridized carbons (Fsp3) is 0.483. The number of amides is 7. The molecule has 0 aliphatic heterocycles. The van der Waals surface area contributed by atoms with E-state index < -0.39 is 71.7 Å². The molecule has 0 radical (unpaired) electrons. The van der Waals surface area contributed by atoms with Crippen LogP contribution in [-0.2, 0) is 19.2 Å². The van der Waals surface area contributed by atoms with Crippen LogP contribution in [-0.4, -0.2) is 125 Å². The second-order valence-electron chi connectivity index (χ2n) is 20.4. The highest BCUT2D eigenvalue weighted by Gasteiger charge is 2.29. The van der Waals surface area contributed by atoms with Crippen molar-refractivity contribution in [1.29, 1.82) is 0 Å². The molecule has 0 spiro atoms. The maximum atomic E-state index is 14.4. The zero-order valence-corrected chi connectivity index (χ0v) is 49.4. The first-order valence-corrected chi connectivity index (χ1v) is 28.8. The number of unbranched alkanes of at least 4 members (excludes halogenated alkanes) is 8. The summed E-state index contributed by atoms with van der Waals surface area (Å²) in [4.78, 5) is 96.0. The number of hydrogen-bond acceptors (Lipinski definition) is 18. The quantitative estimate of drug-likeness (QED) is 0.0219. The van der Waals surface area contributed by atoms with Gasteiger partial charge in [-0.25, -0.2) is 0 Å². The summed E-state index contributed by atoms with van der Waals surface area (Å²) in [5, 5.41) is 31.6. The summed E-state index contributed by atoms with van der Waals surface area (Å²) in [6, 6.07) is 14.0. The molecule has 4 aromatic rings. The second-order valence-corrected chi connectivity index (χ2v) is 20.4. The van der Waals surface area contributed by atoms with Gasteiger partial charge >= 0.3 is 0 Å². The standard InChI is InChI=1S/C60H89N13O12/c1-82-49-25-21-37(33-41(49)53(66)74)68-58(79)46(18-10-6-14-30-62)71-55(76)43-35-39(23-27-51(43)84-3)70-60(81)48(20-12-8-16-32-64)73-56(77)44-36-40(24-28-52(44)85-4)69-59(80)47(19-11-7-15-31-63)72-54(75)42-34-38(22-26-50(42)83-2)67-57(78)45(65)17-9-5-13-29-61/h21-28,33-36,45-48,54,72,75H,5-20,29-32,61-65H2,1-4H3,(H2,66,74)(H,67,78)(H,68,79)(H,69,80)(H,70,81)(H,71,76)(H,73,77). The first-order chi connectivity index (χ1) is 40.9. The summed E-state index contributed by atoms with van der Waals surface area (Å²) in [7, 11) is 5.54. The molecule has 85 heavy (non-hydrogen) atoms. The molecule has 0 aliphatic carbocycles. The Labute approximate surface area is 497 Å². The lowest BCUT2D eigenvalue weighted by Crippen LogP contribution is -2.44. The van der Waals surface area contributed by atoms with E-state index in [4.69, 9.17) is 53.3 Å². The molecule has 0 saturated heterocycles. The van der Waals surface area contributed by atoms with E-state index in [-0.39, 0.29) is 81.6 Å². The van der Waals surface area contributed by atoms with Crippen LogP contribution in [0.1, 0.15) is 146 Å². The van der Waals surface area contributed by atoms with Crippen LogP contribution in [0.3, 0.4) is 0 Å². The normalized spacial score (nSPS) is 12.8. The van der Waals surface area contributed by atoms with Gasteiger partial charge in [0.2, 0.25) is 23.6 Å². The zero-order valence-electron chi connectivity index (χ0n) is 49.4. The van der Waals surface area contributed by atoms with Gasteiger partial charge in [0, 0.05) is 28.3 Å². The molecule has 0 heterocycles. The molecule has 4 rings (SSSR count). The van der Waals surface area contributed by atoms with Gasteiger partial charge in [-0.1, -0.05) is 51.4 Å². The Morgan fingerprint density at radius 1 is 0.424 bits per heavy atom. The van der Waals surface area contributed by atoms with Crippen molar-refractivity contribution < 1.29 is 57.6 Å². The number of anilines is 4. The van der Waals surface area contributed by atoms with Crippen LogP contribution in [0.5, 0.6) is 23.0 Å². The maximum Gasteiger partial charge on any atom is 0.255 e. The van der Waals surface area contributed by atoms with E-state index in [1.165, 1.54) is 83.0 Å². The van der Waals surface area contributed by atoms with Crippen LogP contribution in [0.2, 0.25) is 0 Å². The van der Waals surface area contributed by atoms with Crippen molar-refractivity contribution in [1.82, 2.24) is 16.0 Å². The van der Waals surface area contributed by atoms with Gasteiger partial charge in [0.1, 0.15) is 41.3 Å². The predicted molar refractivity (Wildman–Crippen MR) is 327 cm³/mol. The van der Waals surface area contributed by atoms with Gasteiger partial charge in [0.15, 0.2) is 0 Å². The summed E-state index contributed by atoms with van der Waals surface area (Å²) < 4.78 is 21.9. The minimum atomic E-state index is -1.46. The lowest BCUT2D eigenvalue weighted by molar-refractivity contribution is -0.119. The predicted octanol–water partition coefficient (Wildman–Crippen LogP) is 4.22. The van der Waals surface area contributed by atoms with Crippen LogP contribution in [0.25, 0.3) is 0 Å². The van der Waals surface area contributed by atoms with Crippen LogP contribution >= 0.6 is 0 Å². The number of aliphatic hydroxyl groups is 1. The lowest BCUT2D eigenvalue weighted by Gasteiger charge is -2.24. The number of benzene rings is 4. The van der Waals surface area contributed by atoms with Crippen LogP contribution in [0, 0.1) is 0 Å². The number of hydrogen-bond donors (Lipinski definition) is 14. The highest BCUT2D eigenvalue weighted by Crippen LogP contribution is 2.30. The van der Waals surface area contributed by atoms with Crippen molar-refractivity contribution in [3.05, 3.63) is 95.1 Å². The van der Waals surface area contributed by atoms with E-state index in [0.29, 0.717) is 96.1 Å². The number of nitrogens with one attached hydrogen (secondary N) is 7. The molecule has 0 aliphatic rings. The van der Waals surface area contributed by atoms with E-state index >= 15 is 0 Å². The lowest BCUT2D eigenvalue weighted by atomic mass is 10.0. The van der Waals surface area contributed by atoms with Crippen molar-refractivity contribution >= 4 is 64.1 Å². The summed E-state index contributed by atoms with van der Waals surface area (Å²) in [6.45, 7) is 1.86. The number of methoxy groups -OCH3 is 4. The topological polar surface area (TPSA) is 417 Å². The first kappa shape index (κ1) is 69.6. The Hall–Kier alpha value is -7.91. The molecular formula is C60H89N13O12. The summed E-state index contributed by atoms with van der Waals surface area (Å²) in [5.41, 5.74) is 35.8. The smallest absolute Gasteiger partial charge is 0.255 e. The van der Waals surface area contributed by atoms with Gasteiger partial charge in [-0.05, 0) is 150 Å². The average molecular weight is 1180 g/mol. The van der Waals surface area contributed by atoms with Crippen molar-refractivity contribution in [2.45, 2.75) is 133 Å². The monoisotopic (exact) mass is 1180 g/mol. The zero-order chi connectivity index (χ0) is 62.3. The number of nitrogens with two attached hydrogens (primary N) is 6. The van der Waals surface area contributed by atoms with Gasteiger partial charge in [-0.3, -0.25) is 38.9 Å². The van der Waals surface area contributed by atoms with E-state index in [1.807, 2.05) is 0 Å². The summed E-state index contributed by atoms with van der Waals surface area (Å²) >= 11 is 0. The van der Waals surface area contributed by atoms with E-state index in [2.05, 4.69) is 37.2 Å². The molecule has 5 unspecified atom stereocenters. The average Bonchev–Trinajstić information content (AvgIpc) is 3.36. The van der Waals surface area contributed by atoms with Crippen LogP contribution in [0.4, 0.5) is 22.7 Å². The van der Waals surface area contributed by atoms with Gasteiger partial charge in [-0.2, -0.15) is 0 Å².